The van der Waals surface area contributed by atoms with E-state index in [0.29, 0.717) is 32.5 Å². The molecular weight excluding hydrogens is 513 g/mol. The van der Waals surface area contributed by atoms with Gasteiger partial charge in [-0.1, -0.05) is 23.2 Å². The van der Waals surface area contributed by atoms with E-state index in [1.165, 1.54) is 16.6 Å². The zero-order chi connectivity index (χ0) is 24.2. The first-order chi connectivity index (χ1) is 16.3. The fourth-order valence-electron chi connectivity index (χ4n) is 3.09. The number of amides is 1. The molecule has 0 saturated heterocycles. The van der Waals surface area contributed by atoms with Crippen molar-refractivity contribution in [3.63, 3.8) is 0 Å². The Hall–Kier alpha value is -2.85. The summed E-state index contributed by atoms with van der Waals surface area (Å²) in [5, 5.41) is 16.2. The summed E-state index contributed by atoms with van der Waals surface area (Å²) in [4.78, 5) is 14.7. The Morgan fingerprint density at radius 2 is 1.79 bits per heavy atom. The van der Waals surface area contributed by atoms with Crippen LogP contribution in [0.15, 0.2) is 59.5 Å². The fourth-order valence-corrected chi connectivity index (χ4v) is 4.39. The predicted octanol–water partition coefficient (Wildman–Crippen LogP) is 5.65. The molecule has 0 bridgehead atoms. The number of ether oxygens (including phenoxy) is 1. The number of benzene rings is 3. The molecule has 7 nitrogen and oxygen atoms in total. The van der Waals surface area contributed by atoms with Gasteiger partial charge in [-0.3, -0.25) is 4.79 Å². The van der Waals surface area contributed by atoms with Gasteiger partial charge in [0.25, 0.3) is 0 Å². The van der Waals surface area contributed by atoms with Crippen LogP contribution in [0.2, 0.25) is 10.0 Å². The molecule has 3 aromatic carbocycles. The Kier molecular flexibility index (Phi) is 7.57. The number of rotatable bonds is 6. The molecule has 0 unspecified atom stereocenters. The number of carbonyl (C=O) groups excluding carboxylic acids is 1. The quantitative estimate of drug-likeness (QED) is 0.245. The van der Waals surface area contributed by atoms with Crippen LogP contribution in [0.1, 0.15) is 5.56 Å². The molecule has 0 fully saturated rings. The van der Waals surface area contributed by atoms with E-state index in [4.69, 9.17) is 40.2 Å². The standard InChI is InChI=1S/C23H19Cl2N5O2S2/c1-13-9-19-20(29-30(28-19)15-5-8-21(32-2)17(25)10-15)11-18(13)26-23(33)27-22(31)12-34-16-6-3-14(24)4-7-16/h3-11H,12H2,1-2H3,(H2,26,27,31,33). The van der Waals surface area contributed by atoms with E-state index in [1.54, 1.807) is 31.4 Å². The number of fused-ring (bicyclic) bond motifs is 1. The van der Waals surface area contributed by atoms with Crippen molar-refractivity contribution in [2.75, 3.05) is 18.2 Å². The fraction of sp³-hybridized carbons (Fsp3) is 0.130. The van der Waals surface area contributed by atoms with Gasteiger partial charge in [-0.15, -0.1) is 22.0 Å². The van der Waals surface area contributed by atoms with Crippen molar-refractivity contribution in [2.45, 2.75) is 11.8 Å². The van der Waals surface area contributed by atoms with E-state index in [-0.39, 0.29) is 16.8 Å². The van der Waals surface area contributed by atoms with Crippen molar-refractivity contribution in [1.82, 2.24) is 20.3 Å². The Bertz CT molecular complexity index is 1380. The van der Waals surface area contributed by atoms with Gasteiger partial charge in [0.1, 0.15) is 16.8 Å². The van der Waals surface area contributed by atoms with Gasteiger partial charge in [-0.25, -0.2) is 0 Å². The van der Waals surface area contributed by atoms with Gasteiger partial charge < -0.3 is 15.4 Å². The second-order valence-electron chi connectivity index (χ2n) is 7.21. The summed E-state index contributed by atoms with van der Waals surface area (Å²) in [6.45, 7) is 1.92. The Morgan fingerprint density at radius 1 is 1.09 bits per heavy atom. The van der Waals surface area contributed by atoms with Crippen molar-refractivity contribution < 1.29 is 9.53 Å². The van der Waals surface area contributed by atoms with E-state index in [0.717, 1.165) is 16.1 Å². The number of hydrogen-bond donors (Lipinski definition) is 2. The minimum atomic E-state index is -0.210. The molecule has 174 valence electrons. The minimum absolute atomic E-state index is 0.207. The van der Waals surface area contributed by atoms with Gasteiger partial charge >= 0.3 is 0 Å². The summed E-state index contributed by atoms with van der Waals surface area (Å²) in [6.07, 6.45) is 0. The molecule has 11 heteroatoms. The Balaban J connectivity index is 1.42. The molecular formula is C23H19Cl2N5O2S2. The van der Waals surface area contributed by atoms with Crippen molar-refractivity contribution in [3.8, 4) is 11.4 Å². The molecule has 0 aliphatic heterocycles. The van der Waals surface area contributed by atoms with E-state index < -0.39 is 0 Å². The summed E-state index contributed by atoms with van der Waals surface area (Å²) in [7, 11) is 1.56. The van der Waals surface area contributed by atoms with Crippen LogP contribution in [0.3, 0.4) is 0 Å². The lowest BCUT2D eigenvalue weighted by molar-refractivity contribution is -0.117. The molecule has 0 spiro atoms. The van der Waals surface area contributed by atoms with Crippen molar-refractivity contribution in [2.24, 2.45) is 0 Å². The van der Waals surface area contributed by atoms with Gasteiger partial charge in [0, 0.05) is 15.6 Å². The van der Waals surface area contributed by atoms with Crippen molar-refractivity contribution in [1.29, 1.82) is 0 Å². The van der Waals surface area contributed by atoms with Gasteiger partial charge in [-0.2, -0.15) is 4.80 Å². The summed E-state index contributed by atoms with van der Waals surface area (Å²) < 4.78 is 5.19. The molecule has 0 aliphatic carbocycles. The van der Waals surface area contributed by atoms with Gasteiger partial charge in [-0.05, 0) is 79.3 Å². The molecule has 1 aromatic heterocycles. The number of carbonyl (C=O) groups is 1. The number of thiocarbonyl (C=S) groups is 1. The van der Waals surface area contributed by atoms with Crippen LogP contribution in [0.4, 0.5) is 5.69 Å². The lowest BCUT2D eigenvalue weighted by Gasteiger charge is -2.11. The van der Waals surface area contributed by atoms with Gasteiger partial charge in [0.05, 0.1) is 23.6 Å². The second kappa shape index (κ2) is 10.6. The van der Waals surface area contributed by atoms with Gasteiger partial charge in [0.15, 0.2) is 5.11 Å². The van der Waals surface area contributed by atoms with E-state index >= 15 is 0 Å². The topological polar surface area (TPSA) is 81.1 Å². The molecule has 1 heterocycles. The molecule has 0 saturated carbocycles. The van der Waals surface area contributed by atoms with E-state index in [2.05, 4.69) is 20.8 Å². The third-order valence-corrected chi connectivity index (χ3v) is 6.54. The largest absolute Gasteiger partial charge is 0.495 e. The maximum absolute atomic E-state index is 12.3. The predicted molar refractivity (Wildman–Crippen MR) is 142 cm³/mol. The van der Waals surface area contributed by atoms with E-state index in [1.807, 2.05) is 37.3 Å². The lowest BCUT2D eigenvalue weighted by Crippen LogP contribution is -2.35. The van der Waals surface area contributed by atoms with Crippen LogP contribution in [0.25, 0.3) is 16.7 Å². The first-order valence-corrected chi connectivity index (χ1v) is 12.2. The molecule has 4 rings (SSSR count). The Labute approximate surface area is 215 Å². The number of aryl methyl sites for hydroxylation is 1. The number of thioether (sulfide) groups is 1. The summed E-state index contributed by atoms with van der Waals surface area (Å²) in [5.41, 5.74) is 3.70. The molecule has 2 N–H and O–H groups in total. The number of nitrogens with zero attached hydrogens (tertiary/aromatic N) is 3. The molecule has 0 atom stereocenters. The molecule has 0 radical (unpaired) electrons. The number of nitrogens with one attached hydrogen (secondary N) is 2. The first kappa shape index (κ1) is 24.3. The zero-order valence-electron chi connectivity index (χ0n) is 18.1. The van der Waals surface area contributed by atoms with Crippen LogP contribution in [0.5, 0.6) is 5.75 Å². The minimum Gasteiger partial charge on any atom is -0.495 e. The maximum atomic E-state index is 12.3. The van der Waals surface area contributed by atoms with E-state index in [9.17, 15) is 4.79 Å². The number of methoxy groups -OCH3 is 1. The van der Waals surface area contributed by atoms with Crippen LogP contribution < -0.4 is 15.4 Å². The normalized spacial score (nSPS) is 10.8. The highest BCUT2D eigenvalue weighted by molar-refractivity contribution is 8.00. The van der Waals surface area contributed by atoms with Crippen LogP contribution in [0, 0.1) is 6.92 Å². The lowest BCUT2D eigenvalue weighted by atomic mass is 10.2. The summed E-state index contributed by atoms with van der Waals surface area (Å²) in [5.74, 6) is 0.588. The summed E-state index contributed by atoms with van der Waals surface area (Å²) >= 11 is 18.8. The molecule has 0 aliphatic rings. The van der Waals surface area contributed by atoms with Crippen LogP contribution in [-0.2, 0) is 4.79 Å². The molecule has 1 amide bonds. The molecule has 4 aromatic rings. The summed E-state index contributed by atoms with van der Waals surface area (Å²) in [6, 6.07) is 16.3. The smallest absolute Gasteiger partial charge is 0.236 e. The van der Waals surface area contributed by atoms with Gasteiger partial charge in [0.2, 0.25) is 5.91 Å². The third kappa shape index (κ3) is 5.79. The monoisotopic (exact) mass is 531 g/mol. The average Bonchev–Trinajstić information content (AvgIpc) is 3.21. The second-order valence-corrected chi connectivity index (χ2v) is 9.51. The molecule has 34 heavy (non-hydrogen) atoms. The SMILES string of the molecule is COc1ccc(-n2nc3cc(C)c(NC(=S)NC(=O)CSc4ccc(Cl)cc4)cc3n2)cc1Cl. The highest BCUT2D eigenvalue weighted by atomic mass is 35.5. The Morgan fingerprint density at radius 3 is 2.47 bits per heavy atom. The number of halogens is 2. The van der Waals surface area contributed by atoms with Crippen LogP contribution in [-0.4, -0.2) is 38.9 Å². The highest BCUT2D eigenvalue weighted by Crippen LogP contribution is 2.27. The zero-order valence-corrected chi connectivity index (χ0v) is 21.3. The third-order valence-electron chi connectivity index (χ3n) is 4.78. The van der Waals surface area contributed by atoms with Crippen LogP contribution >= 0.6 is 47.2 Å². The first-order valence-electron chi connectivity index (χ1n) is 10.0. The number of aromatic nitrogens is 3. The average molecular weight is 532 g/mol. The number of anilines is 1. The van der Waals surface area contributed by atoms with Crippen molar-refractivity contribution in [3.05, 3.63) is 70.2 Å². The van der Waals surface area contributed by atoms with Crippen molar-refractivity contribution >= 4 is 74.9 Å². The number of hydrogen-bond acceptors (Lipinski definition) is 6. The maximum Gasteiger partial charge on any atom is 0.236 e. The highest BCUT2D eigenvalue weighted by Gasteiger charge is 2.12.